The highest BCUT2D eigenvalue weighted by Crippen LogP contribution is 2.22. The van der Waals surface area contributed by atoms with Crippen LogP contribution in [0.5, 0.6) is 0 Å². The number of nitrogens with zero attached hydrogens (tertiary/aromatic N) is 5. The molecule has 0 spiro atoms. The molecule has 0 atom stereocenters. The van der Waals surface area contributed by atoms with Crippen LogP contribution < -0.4 is 4.90 Å². The van der Waals surface area contributed by atoms with Crippen LogP contribution in [-0.4, -0.2) is 51.6 Å². The van der Waals surface area contributed by atoms with E-state index in [9.17, 15) is 4.79 Å². The van der Waals surface area contributed by atoms with Crippen LogP contribution in [0.2, 0.25) is 0 Å². The maximum atomic E-state index is 13.4. The van der Waals surface area contributed by atoms with Crippen LogP contribution in [0, 0.1) is 20.8 Å². The zero-order valence-electron chi connectivity index (χ0n) is 19.5. The molecule has 5 rings (SSSR count). The monoisotopic (exact) mass is 439 g/mol. The largest absolute Gasteiger partial charge is 0.368 e. The Hall–Kier alpha value is -3.67. The van der Waals surface area contributed by atoms with Crippen LogP contribution in [0.3, 0.4) is 0 Å². The summed E-state index contributed by atoms with van der Waals surface area (Å²) in [5, 5.41) is 4.55. The van der Waals surface area contributed by atoms with Gasteiger partial charge in [-0.15, -0.1) is 0 Å². The van der Waals surface area contributed by atoms with Gasteiger partial charge in [0.2, 0.25) is 0 Å². The van der Waals surface area contributed by atoms with Crippen LogP contribution in [0.15, 0.2) is 60.8 Å². The molecule has 0 unspecified atom stereocenters. The van der Waals surface area contributed by atoms with E-state index >= 15 is 0 Å². The minimum Gasteiger partial charge on any atom is -0.368 e. The van der Waals surface area contributed by atoms with Crippen molar-refractivity contribution in [2.24, 2.45) is 0 Å². The van der Waals surface area contributed by atoms with Crippen molar-refractivity contribution in [2.45, 2.75) is 27.2 Å². The summed E-state index contributed by atoms with van der Waals surface area (Å²) in [4.78, 5) is 22.4. The van der Waals surface area contributed by atoms with E-state index in [0.717, 1.165) is 36.5 Å². The van der Waals surface area contributed by atoms with Gasteiger partial charge in [0, 0.05) is 49.7 Å². The average Bonchev–Trinajstić information content (AvgIpc) is 3.27. The molecule has 6 nitrogen and oxygen atoms in total. The van der Waals surface area contributed by atoms with E-state index in [2.05, 4.69) is 72.4 Å². The standard InChI is InChI=1S/C27H29N5O/c1-19-9-11-22(12-10-19)17-24-20(2)29-26-25(18-28-32(26)21(24)3)27(33)31-15-13-30(14-16-31)23-7-5-4-6-8-23/h4-12,18H,13-17H2,1-3H3. The van der Waals surface area contributed by atoms with Crippen LogP contribution in [0.1, 0.15) is 38.4 Å². The number of hydrogen-bond acceptors (Lipinski definition) is 4. The van der Waals surface area contributed by atoms with Gasteiger partial charge in [-0.05, 0) is 44.0 Å². The van der Waals surface area contributed by atoms with Crippen molar-refractivity contribution >= 4 is 17.2 Å². The van der Waals surface area contributed by atoms with Gasteiger partial charge >= 0.3 is 0 Å². The number of para-hydroxylation sites is 1. The van der Waals surface area contributed by atoms with E-state index in [4.69, 9.17) is 4.98 Å². The van der Waals surface area contributed by atoms with Gasteiger partial charge in [-0.1, -0.05) is 48.0 Å². The van der Waals surface area contributed by atoms with E-state index in [-0.39, 0.29) is 5.91 Å². The fourth-order valence-corrected chi connectivity index (χ4v) is 4.60. The molecule has 2 aromatic carbocycles. The maximum absolute atomic E-state index is 13.4. The van der Waals surface area contributed by atoms with Crippen molar-refractivity contribution in [2.75, 3.05) is 31.1 Å². The summed E-state index contributed by atoms with van der Waals surface area (Å²) >= 11 is 0. The van der Waals surface area contributed by atoms with Crippen molar-refractivity contribution < 1.29 is 4.79 Å². The summed E-state index contributed by atoms with van der Waals surface area (Å²) < 4.78 is 1.82. The Morgan fingerprint density at radius 3 is 2.30 bits per heavy atom. The van der Waals surface area contributed by atoms with Gasteiger partial charge in [-0.3, -0.25) is 4.79 Å². The molecule has 3 heterocycles. The van der Waals surface area contributed by atoms with E-state index in [1.807, 2.05) is 22.4 Å². The Morgan fingerprint density at radius 1 is 0.909 bits per heavy atom. The third-order valence-electron chi connectivity index (χ3n) is 6.63. The van der Waals surface area contributed by atoms with E-state index in [1.165, 1.54) is 16.8 Å². The summed E-state index contributed by atoms with van der Waals surface area (Å²) in [6.07, 6.45) is 2.47. The van der Waals surface area contributed by atoms with Crippen molar-refractivity contribution in [3.63, 3.8) is 0 Å². The topological polar surface area (TPSA) is 53.7 Å². The number of aromatic nitrogens is 3. The van der Waals surface area contributed by atoms with Crippen LogP contribution in [0.4, 0.5) is 5.69 Å². The summed E-state index contributed by atoms with van der Waals surface area (Å²) in [6, 6.07) is 18.9. The molecule has 1 aliphatic heterocycles. The molecule has 0 bridgehead atoms. The van der Waals surface area contributed by atoms with Gasteiger partial charge in [0.15, 0.2) is 5.65 Å². The normalized spacial score (nSPS) is 14.2. The Bertz CT molecular complexity index is 1290. The molecule has 168 valence electrons. The lowest BCUT2D eigenvalue weighted by atomic mass is 10.0. The second-order valence-electron chi connectivity index (χ2n) is 8.83. The summed E-state index contributed by atoms with van der Waals surface area (Å²) in [6.45, 7) is 9.20. The van der Waals surface area contributed by atoms with Crippen molar-refractivity contribution in [1.29, 1.82) is 0 Å². The van der Waals surface area contributed by atoms with Gasteiger partial charge in [0.05, 0.1) is 6.20 Å². The number of piperazine rings is 1. The molecule has 0 radical (unpaired) electrons. The Kier molecular flexibility index (Phi) is 5.58. The number of hydrogen-bond donors (Lipinski definition) is 0. The first-order chi connectivity index (χ1) is 16.0. The number of anilines is 1. The maximum Gasteiger partial charge on any atom is 0.259 e. The highest BCUT2D eigenvalue weighted by molar-refractivity contribution is 5.99. The fourth-order valence-electron chi connectivity index (χ4n) is 4.60. The lowest BCUT2D eigenvalue weighted by molar-refractivity contribution is 0.0748. The zero-order valence-corrected chi connectivity index (χ0v) is 19.5. The van der Waals surface area contributed by atoms with Gasteiger partial charge in [-0.2, -0.15) is 5.10 Å². The smallest absolute Gasteiger partial charge is 0.259 e. The molecule has 1 aliphatic rings. The van der Waals surface area contributed by atoms with Crippen LogP contribution in [-0.2, 0) is 6.42 Å². The lowest BCUT2D eigenvalue weighted by Crippen LogP contribution is -2.48. The number of amides is 1. The third kappa shape index (κ3) is 4.09. The lowest BCUT2D eigenvalue weighted by Gasteiger charge is -2.36. The van der Waals surface area contributed by atoms with Crippen molar-refractivity contribution in [3.05, 3.63) is 94.4 Å². The highest BCUT2D eigenvalue weighted by Gasteiger charge is 2.26. The molecular formula is C27H29N5O. The Labute approximate surface area is 194 Å². The third-order valence-corrected chi connectivity index (χ3v) is 6.63. The van der Waals surface area contributed by atoms with Gasteiger partial charge in [0.25, 0.3) is 5.91 Å². The second kappa shape index (κ2) is 8.70. The average molecular weight is 440 g/mol. The molecule has 1 fully saturated rings. The minimum absolute atomic E-state index is 0.00953. The van der Waals surface area contributed by atoms with Crippen molar-refractivity contribution in [1.82, 2.24) is 19.5 Å². The molecule has 1 amide bonds. The Morgan fingerprint density at radius 2 is 1.61 bits per heavy atom. The molecule has 1 saturated heterocycles. The van der Waals surface area contributed by atoms with Crippen LogP contribution >= 0.6 is 0 Å². The predicted octanol–water partition coefficient (Wildman–Crippen LogP) is 4.21. The van der Waals surface area contributed by atoms with E-state index in [0.29, 0.717) is 24.3 Å². The Balaban J connectivity index is 1.37. The molecule has 33 heavy (non-hydrogen) atoms. The number of benzene rings is 2. The summed E-state index contributed by atoms with van der Waals surface area (Å²) in [7, 11) is 0. The van der Waals surface area contributed by atoms with Gasteiger partial charge < -0.3 is 9.80 Å². The number of rotatable bonds is 4. The first-order valence-corrected chi connectivity index (χ1v) is 11.5. The predicted molar refractivity (Wildman–Crippen MR) is 131 cm³/mol. The first-order valence-electron chi connectivity index (χ1n) is 11.5. The quantitative estimate of drug-likeness (QED) is 0.478. The number of aryl methyl sites for hydroxylation is 3. The second-order valence-corrected chi connectivity index (χ2v) is 8.83. The van der Waals surface area contributed by atoms with Gasteiger partial charge in [-0.25, -0.2) is 9.50 Å². The molecule has 0 saturated carbocycles. The van der Waals surface area contributed by atoms with Gasteiger partial charge in [0.1, 0.15) is 5.56 Å². The minimum atomic E-state index is 0.00953. The SMILES string of the molecule is Cc1ccc(Cc2c(C)nc3c(C(=O)N4CCN(c5ccccc5)CC4)cnn3c2C)cc1. The number of carbonyl (C=O) groups is 1. The summed E-state index contributed by atoms with van der Waals surface area (Å²) in [5.74, 6) is 0.00953. The zero-order chi connectivity index (χ0) is 22.9. The fraction of sp³-hybridized carbons (Fsp3) is 0.296. The number of fused-ring (bicyclic) bond motifs is 1. The molecule has 6 heteroatoms. The number of carbonyl (C=O) groups excluding carboxylic acids is 1. The molecule has 0 aliphatic carbocycles. The van der Waals surface area contributed by atoms with E-state index in [1.54, 1.807) is 6.20 Å². The molecule has 0 N–H and O–H groups in total. The van der Waals surface area contributed by atoms with E-state index < -0.39 is 0 Å². The molecule has 2 aromatic heterocycles. The summed E-state index contributed by atoms with van der Waals surface area (Å²) in [5.41, 5.74) is 8.06. The first kappa shape index (κ1) is 21.2. The van der Waals surface area contributed by atoms with Crippen LogP contribution in [0.25, 0.3) is 5.65 Å². The van der Waals surface area contributed by atoms with Crippen molar-refractivity contribution in [3.8, 4) is 0 Å². The molecule has 4 aromatic rings. The highest BCUT2D eigenvalue weighted by atomic mass is 16.2. The molecular weight excluding hydrogens is 410 g/mol.